The second-order valence-electron chi connectivity index (χ2n) is 8.27. The molecule has 0 saturated carbocycles. The van der Waals surface area contributed by atoms with E-state index >= 15 is 0 Å². The molecule has 0 aliphatic carbocycles. The predicted molar refractivity (Wildman–Crippen MR) is 114 cm³/mol. The van der Waals surface area contributed by atoms with Gasteiger partial charge in [0.15, 0.2) is 0 Å². The molecule has 0 bridgehead atoms. The monoisotopic (exact) mass is 389 g/mol. The Kier molecular flexibility index (Phi) is 21.3. The number of aliphatic hydroxyl groups excluding tert-OH is 2. The lowest BCUT2D eigenvalue weighted by atomic mass is 9.94. The number of carboxylic acid groups (broad SMARTS) is 1. The highest BCUT2D eigenvalue weighted by atomic mass is 16.4. The molecule has 0 fully saturated rings. The lowest BCUT2D eigenvalue weighted by Crippen LogP contribution is -2.44. The highest BCUT2D eigenvalue weighted by molar-refractivity contribution is 5.67. The quantitative estimate of drug-likeness (QED) is 0.262. The number of aliphatic carboxylic acids is 1. The van der Waals surface area contributed by atoms with Crippen LogP contribution in [0.15, 0.2) is 0 Å². The van der Waals surface area contributed by atoms with Crippen molar-refractivity contribution in [3.63, 3.8) is 0 Å². The van der Waals surface area contributed by atoms with Gasteiger partial charge in [0.2, 0.25) is 0 Å². The van der Waals surface area contributed by atoms with Crippen LogP contribution in [-0.2, 0) is 4.79 Å². The molecule has 0 amide bonds. The molecular weight excluding hydrogens is 342 g/mol. The first kappa shape index (κ1) is 28.6. The van der Waals surface area contributed by atoms with Gasteiger partial charge in [0.05, 0.1) is 6.10 Å². The second-order valence-corrected chi connectivity index (χ2v) is 8.27. The van der Waals surface area contributed by atoms with Crippen molar-refractivity contribution in [1.82, 2.24) is 0 Å². The van der Waals surface area contributed by atoms with Gasteiger partial charge in [-0.05, 0) is 20.3 Å². The van der Waals surface area contributed by atoms with Crippen molar-refractivity contribution in [3.05, 3.63) is 0 Å². The summed E-state index contributed by atoms with van der Waals surface area (Å²) in [6.45, 7) is 5.31. The van der Waals surface area contributed by atoms with Gasteiger partial charge in [0.25, 0.3) is 0 Å². The van der Waals surface area contributed by atoms with Gasteiger partial charge in [0.1, 0.15) is 6.61 Å². The molecule has 0 saturated heterocycles. The minimum absolute atomic E-state index is 0.357. The summed E-state index contributed by atoms with van der Waals surface area (Å²) in [5, 5.41) is 24.9. The van der Waals surface area contributed by atoms with E-state index in [0.717, 1.165) is 12.8 Å². The van der Waals surface area contributed by atoms with Crippen LogP contribution in [0.2, 0.25) is 0 Å². The zero-order chi connectivity index (χ0) is 21.0. The molecule has 0 aliphatic rings. The van der Waals surface area contributed by atoms with Crippen LogP contribution < -0.4 is 5.73 Å². The summed E-state index contributed by atoms with van der Waals surface area (Å²) < 4.78 is 0. The molecule has 164 valence electrons. The lowest BCUT2D eigenvalue weighted by molar-refractivity contribution is -0.140. The van der Waals surface area contributed by atoms with E-state index in [1.54, 1.807) is 0 Å². The Morgan fingerprint density at radius 1 is 0.815 bits per heavy atom. The van der Waals surface area contributed by atoms with Crippen LogP contribution in [0.5, 0.6) is 0 Å². The maximum absolute atomic E-state index is 9.85. The summed E-state index contributed by atoms with van der Waals surface area (Å²) in [4.78, 5) is 9.12. The third-order valence-corrected chi connectivity index (χ3v) is 4.83. The van der Waals surface area contributed by atoms with Gasteiger partial charge < -0.3 is 21.1 Å². The van der Waals surface area contributed by atoms with Gasteiger partial charge in [0, 0.05) is 5.54 Å². The van der Waals surface area contributed by atoms with Crippen molar-refractivity contribution in [2.24, 2.45) is 5.73 Å². The number of aliphatic hydroxyl groups is 2. The summed E-state index contributed by atoms with van der Waals surface area (Å²) in [6, 6.07) is 0. The Bertz CT molecular complexity index is 316. The standard InChI is InChI=1S/C20H43NO.C2H4O3/c1-4-5-6-7-8-9-10-11-12-13-14-15-16-17-18-19(22)20(2,3)21;3-1-2(4)5/h19,22H,4-18,21H2,1-3H3;3H,1H2,(H,4,5). The van der Waals surface area contributed by atoms with E-state index in [4.69, 9.17) is 20.7 Å². The molecule has 5 heteroatoms. The van der Waals surface area contributed by atoms with E-state index in [9.17, 15) is 5.11 Å². The van der Waals surface area contributed by atoms with Crippen LogP contribution in [0.3, 0.4) is 0 Å². The fraction of sp³-hybridized carbons (Fsp3) is 0.955. The van der Waals surface area contributed by atoms with Crippen LogP contribution in [-0.4, -0.2) is 39.5 Å². The van der Waals surface area contributed by atoms with E-state index < -0.39 is 18.1 Å². The molecule has 0 radical (unpaired) electrons. The molecule has 0 rings (SSSR count). The average Bonchev–Trinajstić information content (AvgIpc) is 2.61. The summed E-state index contributed by atoms with van der Waals surface area (Å²) in [5.41, 5.74) is 5.44. The molecule has 0 aliphatic heterocycles. The van der Waals surface area contributed by atoms with Crippen molar-refractivity contribution in [3.8, 4) is 0 Å². The number of unbranched alkanes of at least 4 members (excludes halogenated alkanes) is 13. The molecule has 27 heavy (non-hydrogen) atoms. The first-order chi connectivity index (χ1) is 12.8. The molecule has 0 aromatic carbocycles. The lowest BCUT2D eigenvalue weighted by Gasteiger charge is -2.25. The van der Waals surface area contributed by atoms with Crippen molar-refractivity contribution in [1.29, 1.82) is 0 Å². The molecule has 0 spiro atoms. The van der Waals surface area contributed by atoms with Crippen LogP contribution in [0.4, 0.5) is 0 Å². The van der Waals surface area contributed by atoms with E-state index in [-0.39, 0.29) is 6.10 Å². The van der Waals surface area contributed by atoms with Crippen LogP contribution in [0.1, 0.15) is 117 Å². The Balaban J connectivity index is 0. The number of nitrogens with two attached hydrogens (primary N) is 1. The first-order valence-corrected chi connectivity index (χ1v) is 11.0. The normalized spacial score (nSPS) is 12.4. The third kappa shape index (κ3) is 25.3. The van der Waals surface area contributed by atoms with E-state index in [2.05, 4.69) is 6.92 Å². The molecule has 5 nitrogen and oxygen atoms in total. The molecule has 0 aromatic rings. The molecule has 1 unspecified atom stereocenters. The number of carboxylic acids is 1. The second kappa shape index (κ2) is 20.1. The van der Waals surface area contributed by atoms with Gasteiger partial charge in [-0.15, -0.1) is 0 Å². The highest BCUT2D eigenvalue weighted by Gasteiger charge is 2.21. The van der Waals surface area contributed by atoms with Gasteiger partial charge in [-0.25, -0.2) is 4.79 Å². The Hall–Kier alpha value is -0.650. The largest absolute Gasteiger partial charge is 0.480 e. The van der Waals surface area contributed by atoms with Crippen LogP contribution in [0, 0.1) is 0 Å². The summed E-state index contributed by atoms with van der Waals surface area (Å²) in [5.74, 6) is -1.19. The van der Waals surface area contributed by atoms with Gasteiger partial charge >= 0.3 is 5.97 Å². The number of carbonyl (C=O) groups is 1. The van der Waals surface area contributed by atoms with Crippen molar-refractivity contribution in [2.45, 2.75) is 129 Å². The molecule has 0 aromatic heterocycles. The van der Waals surface area contributed by atoms with Crippen molar-refractivity contribution >= 4 is 5.97 Å². The van der Waals surface area contributed by atoms with Crippen LogP contribution >= 0.6 is 0 Å². The van der Waals surface area contributed by atoms with Gasteiger partial charge in [-0.3, -0.25) is 0 Å². The highest BCUT2D eigenvalue weighted by Crippen LogP contribution is 2.16. The van der Waals surface area contributed by atoms with E-state index in [1.165, 1.54) is 83.5 Å². The Morgan fingerprint density at radius 2 is 1.11 bits per heavy atom. The minimum Gasteiger partial charge on any atom is -0.480 e. The SMILES string of the molecule is CCCCCCCCCCCCCCCCC(O)C(C)(C)N.O=C(O)CO. The van der Waals surface area contributed by atoms with Gasteiger partial charge in [-0.1, -0.05) is 96.8 Å². The summed E-state index contributed by atoms with van der Waals surface area (Å²) in [7, 11) is 0. The Labute approximate surface area is 167 Å². The maximum atomic E-state index is 9.85. The van der Waals surface area contributed by atoms with E-state index in [1.807, 2.05) is 13.8 Å². The van der Waals surface area contributed by atoms with E-state index in [0.29, 0.717) is 0 Å². The van der Waals surface area contributed by atoms with Crippen molar-refractivity contribution in [2.75, 3.05) is 6.61 Å². The van der Waals surface area contributed by atoms with Crippen molar-refractivity contribution < 1.29 is 20.1 Å². The maximum Gasteiger partial charge on any atom is 0.329 e. The number of hydrogen-bond donors (Lipinski definition) is 4. The average molecular weight is 390 g/mol. The molecule has 1 atom stereocenters. The van der Waals surface area contributed by atoms with Gasteiger partial charge in [-0.2, -0.15) is 0 Å². The topological polar surface area (TPSA) is 104 Å². The fourth-order valence-corrected chi connectivity index (χ4v) is 2.90. The van der Waals surface area contributed by atoms with Crippen LogP contribution in [0.25, 0.3) is 0 Å². The zero-order valence-corrected chi connectivity index (χ0v) is 18.2. The minimum atomic E-state index is -1.19. The zero-order valence-electron chi connectivity index (χ0n) is 18.2. The summed E-state index contributed by atoms with van der Waals surface area (Å²) in [6.07, 6.45) is 19.7. The number of hydrogen-bond acceptors (Lipinski definition) is 4. The first-order valence-electron chi connectivity index (χ1n) is 11.0. The smallest absolute Gasteiger partial charge is 0.329 e. The number of rotatable bonds is 17. The molecular formula is C22H47NO4. The third-order valence-electron chi connectivity index (χ3n) is 4.83. The fourth-order valence-electron chi connectivity index (χ4n) is 2.90. The predicted octanol–water partition coefficient (Wildman–Crippen LogP) is 5.02. The molecule has 5 N–H and O–H groups in total. The molecule has 0 heterocycles. The summed E-state index contributed by atoms with van der Waals surface area (Å²) >= 11 is 0. The Morgan fingerprint density at radius 3 is 1.37 bits per heavy atom.